The smallest absolute Gasteiger partial charge is 0.243 e. The Hall–Kier alpha value is -1.06. The number of alkyl halides is 2. The van der Waals surface area contributed by atoms with Crippen molar-refractivity contribution in [3.05, 3.63) is 18.2 Å². The first kappa shape index (κ1) is 18.7. The van der Waals surface area contributed by atoms with Crippen LogP contribution < -0.4 is 10.1 Å². The molecule has 1 aliphatic heterocycles. The van der Waals surface area contributed by atoms with Crippen LogP contribution in [0.15, 0.2) is 23.1 Å². The Morgan fingerprint density at radius 2 is 2.00 bits per heavy atom. The van der Waals surface area contributed by atoms with Gasteiger partial charge in [0.25, 0.3) is 0 Å². The summed E-state index contributed by atoms with van der Waals surface area (Å²) in [7, 11) is -2.24. The number of sulfonamides is 1. The summed E-state index contributed by atoms with van der Waals surface area (Å²) in [4.78, 5) is 12.3. The molecule has 1 saturated heterocycles. The number of rotatable bonds is 5. The van der Waals surface area contributed by atoms with Gasteiger partial charge in [-0.1, -0.05) is 0 Å². The van der Waals surface area contributed by atoms with E-state index in [1.807, 2.05) is 0 Å². The molecule has 3 rings (SSSR count). The topological polar surface area (TPSA) is 84.9 Å². The fourth-order valence-corrected chi connectivity index (χ4v) is 4.54. The van der Waals surface area contributed by atoms with Gasteiger partial charge in [0.2, 0.25) is 15.9 Å². The third-order valence-corrected chi connectivity index (χ3v) is 6.91. The van der Waals surface area contributed by atoms with Gasteiger partial charge in [-0.05, 0) is 24.6 Å². The number of halogens is 2. The first-order valence-electron chi connectivity index (χ1n) is 7.70. The van der Waals surface area contributed by atoms with Crippen LogP contribution in [0, 0.1) is 5.92 Å². The van der Waals surface area contributed by atoms with Crippen molar-refractivity contribution in [1.29, 1.82) is 0 Å². The summed E-state index contributed by atoms with van der Waals surface area (Å²) in [6.45, 7) is 1.29. The number of morpholine rings is 1. The largest absolute Gasteiger partial charge is 0.495 e. The van der Waals surface area contributed by atoms with Crippen LogP contribution >= 0.6 is 23.2 Å². The molecule has 0 spiro atoms. The fourth-order valence-electron chi connectivity index (χ4n) is 2.60. The summed E-state index contributed by atoms with van der Waals surface area (Å²) in [6, 6.07) is 4.34. The summed E-state index contributed by atoms with van der Waals surface area (Å²) in [5, 5.41) is 2.65. The van der Waals surface area contributed by atoms with Gasteiger partial charge in [0.1, 0.15) is 10.1 Å². The van der Waals surface area contributed by atoms with Gasteiger partial charge < -0.3 is 14.8 Å². The number of carbonyl (C=O) groups is 1. The number of hydrogen-bond acceptors (Lipinski definition) is 5. The number of benzene rings is 1. The Kier molecular flexibility index (Phi) is 5.18. The van der Waals surface area contributed by atoms with Crippen LogP contribution in [0.5, 0.6) is 5.75 Å². The molecule has 0 radical (unpaired) electrons. The molecule has 10 heteroatoms. The second kappa shape index (κ2) is 6.92. The third kappa shape index (κ3) is 3.88. The van der Waals surface area contributed by atoms with E-state index < -0.39 is 20.3 Å². The van der Waals surface area contributed by atoms with Crippen molar-refractivity contribution >= 4 is 44.8 Å². The van der Waals surface area contributed by atoms with Crippen molar-refractivity contribution in [3.8, 4) is 5.75 Å². The highest BCUT2D eigenvalue weighted by atomic mass is 35.5. The van der Waals surface area contributed by atoms with E-state index in [0.717, 1.165) is 0 Å². The second-order valence-corrected chi connectivity index (χ2v) is 9.37. The Morgan fingerprint density at radius 3 is 2.56 bits per heavy atom. The van der Waals surface area contributed by atoms with Crippen LogP contribution in [-0.4, -0.2) is 56.4 Å². The molecule has 1 atom stereocenters. The fraction of sp³-hybridized carbons (Fsp3) is 0.533. The standard InChI is InChI=1S/C15H18Cl2N2O5S/c1-23-13-3-2-10(25(21,22)19-4-6-24-7-5-19)8-12(13)18-14(20)11-9-15(11,16)17/h2-3,8,11H,4-7,9H2,1H3,(H,18,20)/t11-/m1/s1. The first-order chi connectivity index (χ1) is 11.8. The number of carbonyl (C=O) groups excluding carboxylic acids is 1. The maximum absolute atomic E-state index is 12.7. The molecular formula is C15H18Cl2N2O5S. The third-order valence-electron chi connectivity index (χ3n) is 4.18. The highest BCUT2D eigenvalue weighted by Gasteiger charge is 2.56. The number of nitrogens with zero attached hydrogens (tertiary/aromatic N) is 1. The minimum Gasteiger partial charge on any atom is -0.495 e. The molecule has 1 aromatic rings. The molecule has 25 heavy (non-hydrogen) atoms. The lowest BCUT2D eigenvalue weighted by molar-refractivity contribution is -0.117. The lowest BCUT2D eigenvalue weighted by atomic mass is 10.2. The Labute approximate surface area is 156 Å². The molecule has 0 unspecified atom stereocenters. The van der Waals surface area contributed by atoms with Crippen molar-refractivity contribution in [3.63, 3.8) is 0 Å². The zero-order valence-corrected chi connectivity index (χ0v) is 15.8. The number of ether oxygens (including phenoxy) is 2. The predicted molar refractivity (Wildman–Crippen MR) is 93.7 cm³/mol. The molecule has 7 nitrogen and oxygen atoms in total. The summed E-state index contributed by atoms with van der Waals surface area (Å²) in [5.41, 5.74) is 0.262. The molecule has 2 fully saturated rings. The van der Waals surface area contributed by atoms with Gasteiger partial charge in [-0.3, -0.25) is 4.79 Å². The van der Waals surface area contributed by atoms with E-state index >= 15 is 0 Å². The zero-order valence-electron chi connectivity index (χ0n) is 13.5. The Balaban J connectivity index is 1.85. The van der Waals surface area contributed by atoms with E-state index in [2.05, 4.69) is 5.32 Å². The van der Waals surface area contributed by atoms with Crippen molar-refractivity contribution in [2.45, 2.75) is 15.6 Å². The molecule has 1 aliphatic carbocycles. The van der Waals surface area contributed by atoms with Gasteiger partial charge in [-0.25, -0.2) is 8.42 Å². The molecule has 1 saturated carbocycles. The van der Waals surface area contributed by atoms with Gasteiger partial charge in [-0.15, -0.1) is 23.2 Å². The van der Waals surface area contributed by atoms with Crippen LogP contribution in [0.25, 0.3) is 0 Å². The molecule has 0 bridgehead atoms. The number of methoxy groups -OCH3 is 1. The van der Waals surface area contributed by atoms with E-state index in [1.165, 1.54) is 29.6 Å². The van der Waals surface area contributed by atoms with Crippen LogP contribution in [0.4, 0.5) is 5.69 Å². The van der Waals surface area contributed by atoms with E-state index in [-0.39, 0.29) is 16.5 Å². The molecular weight excluding hydrogens is 391 g/mol. The van der Waals surface area contributed by atoms with Gasteiger partial charge in [0, 0.05) is 13.1 Å². The van der Waals surface area contributed by atoms with E-state index in [9.17, 15) is 13.2 Å². The Morgan fingerprint density at radius 1 is 1.36 bits per heavy atom. The number of anilines is 1. The van der Waals surface area contributed by atoms with Gasteiger partial charge in [0.05, 0.1) is 36.8 Å². The lowest BCUT2D eigenvalue weighted by Gasteiger charge is -2.26. The quantitative estimate of drug-likeness (QED) is 0.751. The van der Waals surface area contributed by atoms with Crippen molar-refractivity contribution < 1.29 is 22.7 Å². The monoisotopic (exact) mass is 408 g/mol. The van der Waals surface area contributed by atoms with Crippen LogP contribution in [-0.2, 0) is 19.6 Å². The lowest BCUT2D eigenvalue weighted by Crippen LogP contribution is -2.40. The van der Waals surface area contributed by atoms with E-state index in [1.54, 1.807) is 0 Å². The summed E-state index contributed by atoms with van der Waals surface area (Å²) in [5.74, 6) is -0.547. The molecule has 1 N–H and O–H groups in total. The average molecular weight is 409 g/mol. The van der Waals surface area contributed by atoms with Crippen LogP contribution in [0.3, 0.4) is 0 Å². The molecule has 0 aromatic heterocycles. The number of amides is 1. The highest BCUT2D eigenvalue weighted by Crippen LogP contribution is 2.53. The van der Waals surface area contributed by atoms with Crippen molar-refractivity contribution in [1.82, 2.24) is 4.31 Å². The highest BCUT2D eigenvalue weighted by molar-refractivity contribution is 7.89. The summed E-state index contributed by atoms with van der Waals surface area (Å²) in [6.07, 6.45) is 0.357. The first-order valence-corrected chi connectivity index (χ1v) is 9.90. The number of nitrogens with one attached hydrogen (secondary N) is 1. The van der Waals surface area contributed by atoms with E-state index in [0.29, 0.717) is 38.5 Å². The minimum absolute atomic E-state index is 0.0734. The molecule has 1 aromatic carbocycles. The normalized spacial score (nSPS) is 23.1. The maximum Gasteiger partial charge on any atom is 0.243 e. The summed E-state index contributed by atoms with van der Waals surface area (Å²) >= 11 is 11.8. The molecule has 2 aliphatic rings. The van der Waals surface area contributed by atoms with Crippen molar-refractivity contribution in [2.24, 2.45) is 5.92 Å². The maximum atomic E-state index is 12.7. The van der Waals surface area contributed by atoms with Gasteiger partial charge in [0.15, 0.2) is 0 Å². The van der Waals surface area contributed by atoms with E-state index in [4.69, 9.17) is 32.7 Å². The second-order valence-electron chi connectivity index (χ2n) is 5.89. The minimum atomic E-state index is -3.68. The SMILES string of the molecule is COc1ccc(S(=O)(=O)N2CCOCC2)cc1NC(=O)[C@H]1CC1(Cl)Cl. The number of hydrogen-bond donors (Lipinski definition) is 1. The van der Waals surface area contributed by atoms with Gasteiger partial charge >= 0.3 is 0 Å². The zero-order chi connectivity index (χ0) is 18.2. The molecule has 1 heterocycles. The van der Waals surface area contributed by atoms with Gasteiger partial charge in [-0.2, -0.15) is 4.31 Å². The summed E-state index contributed by atoms with van der Waals surface area (Å²) < 4.78 is 36.2. The van der Waals surface area contributed by atoms with Crippen LogP contribution in [0.2, 0.25) is 0 Å². The average Bonchev–Trinajstić information content (AvgIpc) is 3.24. The molecule has 138 valence electrons. The molecule has 1 amide bonds. The predicted octanol–water partition coefficient (Wildman–Crippen LogP) is 1.85. The van der Waals surface area contributed by atoms with Crippen molar-refractivity contribution in [2.75, 3.05) is 38.7 Å². The van der Waals surface area contributed by atoms with Crippen LogP contribution in [0.1, 0.15) is 6.42 Å². The Bertz CT molecular complexity index is 778.